The molecule has 0 fully saturated rings. The van der Waals surface area contributed by atoms with Crippen molar-refractivity contribution in [2.45, 2.75) is 12.3 Å². The van der Waals surface area contributed by atoms with E-state index in [0.29, 0.717) is 10.0 Å². The summed E-state index contributed by atoms with van der Waals surface area (Å²) >= 11 is 3.18. The van der Waals surface area contributed by atoms with E-state index >= 15 is 0 Å². The maximum absolute atomic E-state index is 13.6. The molecule has 1 N–H and O–H groups in total. The number of rotatable bonds is 4. The Hall–Kier alpha value is -1.82. The summed E-state index contributed by atoms with van der Waals surface area (Å²) in [6, 6.07) is 6.09. The van der Waals surface area contributed by atoms with Crippen LogP contribution in [0.2, 0.25) is 0 Å². The molecule has 1 aromatic carbocycles. The largest absolute Gasteiger partial charge is 0.481 e. The summed E-state index contributed by atoms with van der Waals surface area (Å²) in [7, 11) is 0. The average molecular weight is 325 g/mol. The number of aliphatic carboxylic acids is 1. The minimum Gasteiger partial charge on any atom is -0.481 e. The third-order valence-corrected chi connectivity index (χ3v) is 3.04. The molecule has 0 spiro atoms. The maximum atomic E-state index is 13.6. The van der Waals surface area contributed by atoms with Gasteiger partial charge in [0.2, 0.25) is 0 Å². The fourth-order valence-electron chi connectivity index (χ4n) is 1.68. The highest BCUT2D eigenvalue weighted by molar-refractivity contribution is 9.10. The molecule has 0 radical (unpaired) electrons. The Balaban J connectivity index is 2.29. The monoisotopic (exact) mass is 324 g/mol. The molecular formula is C13H10BrFN2O2. The Morgan fingerprint density at radius 3 is 2.53 bits per heavy atom. The minimum atomic E-state index is -1.08. The van der Waals surface area contributed by atoms with E-state index in [9.17, 15) is 14.3 Å². The molecule has 2 rings (SSSR count). The summed E-state index contributed by atoms with van der Waals surface area (Å²) in [6.45, 7) is 0. The molecular weight excluding hydrogens is 315 g/mol. The molecule has 0 aliphatic carbocycles. The first-order valence-corrected chi connectivity index (χ1v) is 6.31. The molecule has 2 aromatic rings. The molecule has 1 atom stereocenters. The summed E-state index contributed by atoms with van der Waals surface area (Å²) in [4.78, 5) is 19.2. The number of benzene rings is 1. The molecule has 0 amide bonds. The summed E-state index contributed by atoms with van der Waals surface area (Å²) < 4.78 is 14.2. The Labute approximate surface area is 117 Å². The van der Waals surface area contributed by atoms with Crippen molar-refractivity contribution in [2.24, 2.45) is 0 Å². The van der Waals surface area contributed by atoms with E-state index in [1.54, 1.807) is 18.2 Å². The third-order valence-electron chi connectivity index (χ3n) is 2.63. The van der Waals surface area contributed by atoms with E-state index in [2.05, 4.69) is 25.9 Å². The first kappa shape index (κ1) is 13.6. The van der Waals surface area contributed by atoms with Crippen molar-refractivity contribution in [2.75, 3.05) is 0 Å². The second-order valence-corrected chi connectivity index (χ2v) is 4.86. The SMILES string of the molecule is O=C(O)C(Cc1ccccc1F)c1ncc(Br)cn1. The van der Waals surface area contributed by atoms with E-state index in [1.165, 1.54) is 18.5 Å². The van der Waals surface area contributed by atoms with Crippen molar-refractivity contribution in [1.29, 1.82) is 0 Å². The van der Waals surface area contributed by atoms with E-state index in [-0.39, 0.29) is 12.2 Å². The molecule has 1 aromatic heterocycles. The van der Waals surface area contributed by atoms with Crippen LogP contribution in [-0.2, 0) is 11.2 Å². The van der Waals surface area contributed by atoms with E-state index in [0.717, 1.165) is 0 Å². The lowest BCUT2D eigenvalue weighted by atomic mass is 9.98. The molecule has 0 saturated heterocycles. The van der Waals surface area contributed by atoms with Crippen LogP contribution in [0.5, 0.6) is 0 Å². The van der Waals surface area contributed by atoms with Gasteiger partial charge in [0, 0.05) is 12.4 Å². The van der Waals surface area contributed by atoms with Crippen molar-refractivity contribution >= 4 is 21.9 Å². The van der Waals surface area contributed by atoms with Crippen LogP contribution < -0.4 is 0 Å². The summed E-state index contributed by atoms with van der Waals surface area (Å²) in [5.74, 6) is -2.31. The molecule has 1 unspecified atom stereocenters. The van der Waals surface area contributed by atoms with Gasteiger partial charge in [0.25, 0.3) is 0 Å². The molecule has 19 heavy (non-hydrogen) atoms. The van der Waals surface area contributed by atoms with Crippen molar-refractivity contribution in [1.82, 2.24) is 9.97 Å². The zero-order valence-electron chi connectivity index (χ0n) is 9.75. The average Bonchev–Trinajstić information content (AvgIpc) is 2.39. The first-order chi connectivity index (χ1) is 9.08. The van der Waals surface area contributed by atoms with Gasteiger partial charge in [-0.05, 0) is 34.0 Å². The predicted octanol–water partition coefficient (Wildman–Crippen LogP) is 2.79. The first-order valence-electron chi connectivity index (χ1n) is 5.51. The number of carbonyl (C=O) groups is 1. The highest BCUT2D eigenvalue weighted by Gasteiger charge is 2.24. The zero-order chi connectivity index (χ0) is 13.8. The molecule has 98 valence electrons. The van der Waals surface area contributed by atoms with Crippen LogP contribution in [-0.4, -0.2) is 21.0 Å². The van der Waals surface area contributed by atoms with Crippen LogP contribution in [0.15, 0.2) is 41.1 Å². The lowest BCUT2D eigenvalue weighted by Crippen LogP contribution is -2.17. The number of carboxylic acids is 1. The van der Waals surface area contributed by atoms with Gasteiger partial charge in [-0.25, -0.2) is 14.4 Å². The number of aromatic nitrogens is 2. The zero-order valence-corrected chi connectivity index (χ0v) is 11.3. The molecule has 0 aliphatic heterocycles. The van der Waals surface area contributed by atoms with Gasteiger partial charge in [-0.2, -0.15) is 0 Å². The van der Waals surface area contributed by atoms with E-state index in [4.69, 9.17) is 0 Å². The summed E-state index contributed by atoms with van der Waals surface area (Å²) in [6.07, 6.45) is 2.96. The van der Waals surface area contributed by atoms with Gasteiger partial charge in [0.1, 0.15) is 17.6 Å². The smallest absolute Gasteiger partial charge is 0.314 e. The Kier molecular flexibility index (Phi) is 4.21. The second-order valence-electron chi connectivity index (χ2n) is 3.95. The highest BCUT2D eigenvalue weighted by atomic mass is 79.9. The fourth-order valence-corrected chi connectivity index (χ4v) is 1.88. The van der Waals surface area contributed by atoms with Gasteiger partial charge < -0.3 is 5.11 Å². The maximum Gasteiger partial charge on any atom is 0.314 e. The molecule has 0 aliphatic rings. The van der Waals surface area contributed by atoms with Gasteiger partial charge in [0.15, 0.2) is 0 Å². The lowest BCUT2D eigenvalue weighted by molar-refractivity contribution is -0.139. The summed E-state index contributed by atoms with van der Waals surface area (Å²) in [5, 5.41) is 9.23. The third kappa shape index (κ3) is 3.35. The second kappa shape index (κ2) is 5.88. The molecule has 0 bridgehead atoms. The standard InChI is InChI=1S/C13H10BrFN2O2/c14-9-6-16-12(17-7-9)10(13(18)19)5-8-3-1-2-4-11(8)15/h1-4,6-7,10H,5H2,(H,18,19). The van der Waals surface area contributed by atoms with Gasteiger partial charge in [-0.1, -0.05) is 18.2 Å². The van der Waals surface area contributed by atoms with Gasteiger partial charge in [-0.3, -0.25) is 4.79 Å². The number of carboxylic acid groups (broad SMARTS) is 1. The van der Waals surface area contributed by atoms with Crippen LogP contribution in [0.4, 0.5) is 4.39 Å². The number of hydrogen-bond donors (Lipinski definition) is 1. The molecule has 0 saturated carbocycles. The number of nitrogens with zero attached hydrogens (tertiary/aromatic N) is 2. The Morgan fingerprint density at radius 2 is 1.95 bits per heavy atom. The van der Waals surface area contributed by atoms with Crippen molar-refractivity contribution in [3.05, 3.63) is 58.3 Å². The van der Waals surface area contributed by atoms with Crippen molar-refractivity contribution in [3.63, 3.8) is 0 Å². The number of hydrogen-bond acceptors (Lipinski definition) is 3. The normalized spacial score (nSPS) is 12.1. The molecule has 4 nitrogen and oxygen atoms in total. The predicted molar refractivity (Wildman–Crippen MR) is 70.2 cm³/mol. The minimum absolute atomic E-state index is 0.0175. The lowest BCUT2D eigenvalue weighted by Gasteiger charge is -2.11. The van der Waals surface area contributed by atoms with Crippen LogP contribution in [0, 0.1) is 5.82 Å². The fraction of sp³-hybridized carbons (Fsp3) is 0.154. The van der Waals surface area contributed by atoms with Crippen LogP contribution in [0.25, 0.3) is 0 Å². The number of halogens is 2. The van der Waals surface area contributed by atoms with E-state index in [1.807, 2.05) is 0 Å². The van der Waals surface area contributed by atoms with Crippen LogP contribution >= 0.6 is 15.9 Å². The van der Waals surface area contributed by atoms with Crippen LogP contribution in [0.3, 0.4) is 0 Å². The van der Waals surface area contributed by atoms with Crippen molar-refractivity contribution in [3.8, 4) is 0 Å². The summed E-state index contributed by atoms with van der Waals surface area (Å²) in [5.41, 5.74) is 0.335. The van der Waals surface area contributed by atoms with Gasteiger partial charge in [-0.15, -0.1) is 0 Å². The van der Waals surface area contributed by atoms with Crippen molar-refractivity contribution < 1.29 is 14.3 Å². The highest BCUT2D eigenvalue weighted by Crippen LogP contribution is 2.20. The van der Waals surface area contributed by atoms with Gasteiger partial charge in [0.05, 0.1) is 4.47 Å². The van der Waals surface area contributed by atoms with E-state index < -0.39 is 17.7 Å². The molecule has 1 heterocycles. The topological polar surface area (TPSA) is 63.1 Å². The quantitative estimate of drug-likeness (QED) is 0.939. The molecule has 6 heteroatoms. The van der Waals surface area contributed by atoms with Crippen LogP contribution in [0.1, 0.15) is 17.3 Å². The Bertz CT molecular complexity index is 589. The van der Waals surface area contributed by atoms with Gasteiger partial charge >= 0.3 is 5.97 Å². The Morgan fingerprint density at radius 1 is 1.32 bits per heavy atom.